The highest BCUT2D eigenvalue weighted by atomic mass is 16.5. The molecule has 1 aromatic rings. The van der Waals surface area contributed by atoms with Crippen molar-refractivity contribution in [2.45, 2.75) is 38.9 Å². The lowest BCUT2D eigenvalue weighted by atomic mass is 10.2. The van der Waals surface area contributed by atoms with Crippen molar-refractivity contribution in [3.63, 3.8) is 0 Å². The molecule has 0 spiro atoms. The molecule has 1 aliphatic carbocycles. The van der Waals surface area contributed by atoms with Gasteiger partial charge in [0.25, 0.3) is 5.91 Å². The Morgan fingerprint density at radius 3 is 2.50 bits per heavy atom. The van der Waals surface area contributed by atoms with Gasteiger partial charge >= 0.3 is 0 Å². The lowest BCUT2D eigenvalue weighted by molar-refractivity contribution is -0.117. The van der Waals surface area contributed by atoms with E-state index in [-0.39, 0.29) is 29.9 Å². The largest absolute Gasteiger partial charge is 0.372 e. The first kappa shape index (κ1) is 15.0. The number of nitrogens with zero attached hydrogens (tertiary/aromatic N) is 3. The molecule has 22 heavy (non-hydrogen) atoms. The van der Waals surface area contributed by atoms with Crippen molar-refractivity contribution in [3.05, 3.63) is 11.8 Å². The van der Waals surface area contributed by atoms with E-state index < -0.39 is 0 Å². The first-order valence-corrected chi connectivity index (χ1v) is 7.73. The van der Waals surface area contributed by atoms with Crippen LogP contribution in [0.25, 0.3) is 0 Å². The van der Waals surface area contributed by atoms with Crippen molar-refractivity contribution in [2.24, 2.45) is 13.0 Å². The summed E-state index contributed by atoms with van der Waals surface area (Å²) >= 11 is 0. The Hall–Kier alpha value is -1.89. The summed E-state index contributed by atoms with van der Waals surface area (Å²) in [4.78, 5) is 26.2. The third kappa shape index (κ3) is 3.14. The summed E-state index contributed by atoms with van der Waals surface area (Å²) in [6, 6.07) is 1.65. The molecule has 1 aliphatic heterocycles. The molecule has 2 aliphatic rings. The van der Waals surface area contributed by atoms with Gasteiger partial charge in [0.15, 0.2) is 5.69 Å². The molecular weight excluding hydrogens is 284 g/mol. The SMILES string of the molecule is C[C@@H]1CN(C(=O)c2cc(NC(=O)C3CC3)n(C)n2)C[C@@H](C)O1. The average molecular weight is 306 g/mol. The summed E-state index contributed by atoms with van der Waals surface area (Å²) in [6.07, 6.45) is 1.92. The van der Waals surface area contributed by atoms with Crippen LogP contribution in [0.3, 0.4) is 0 Å². The summed E-state index contributed by atoms with van der Waals surface area (Å²) in [5.74, 6) is 0.574. The summed E-state index contributed by atoms with van der Waals surface area (Å²) in [7, 11) is 1.73. The van der Waals surface area contributed by atoms with Crippen LogP contribution in [0.15, 0.2) is 6.07 Å². The zero-order chi connectivity index (χ0) is 15.9. The van der Waals surface area contributed by atoms with Gasteiger partial charge < -0.3 is 15.0 Å². The predicted octanol–water partition coefficient (Wildman–Crippen LogP) is 1.02. The Balaban J connectivity index is 1.71. The number of morpholine rings is 1. The van der Waals surface area contributed by atoms with Gasteiger partial charge in [0.2, 0.25) is 5.91 Å². The molecule has 7 heteroatoms. The summed E-state index contributed by atoms with van der Waals surface area (Å²) in [5, 5.41) is 7.07. The molecule has 3 rings (SSSR count). The monoisotopic (exact) mass is 306 g/mol. The second-order valence-electron chi connectivity index (χ2n) is 6.27. The van der Waals surface area contributed by atoms with Crippen molar-refractivity contribution in [1.29, 1.82) is 0 Å². The van der Waals surface area contributed by atoms with E-state index in [4.69, 9.17) is 4.74 Å². The quantitative estimate of drug-likeness (QED) is 0.904. The van der Waals surface area contributed by atoms with E-state index in [2.05, 4.69) is 10.4 Å². The summed E-state index contributed by atoms with van der Waals surface area (Å²) in [5.41, 5.74) is 0.356. The second-order valence-corrected chi connectivity index (χ2v) is 6.27. The van der Waals surface area contributed by atoms with E-state index in [9.17, 15) is 9.59 Å². The maximum absolute atomic E-state index is 12.6. The van der Waals surface area contributed by atoms with Gasteiger partial charge in [-0.2, -0.15) is 5.10 Å². The second kappa shape index (κ2) is 5.72. The molecule has 2 atom stereocenters. The van der Waals surface area contributed by atoms with E-state index in [1.54, 1.807) is 22.7 Å². The van der Waals surface area contributed by atoms with Crippen molar-refractivity contribution in [2.75, 3.05) is 18.4 Å². The van der Waals surface area contributed by atoms with Crippen LogP contribution in [-0.2, 0) is 16.6 Å². The number of rotatable bonds is 3. The highest BCUT2D eigenvalue weighted by Crippen LogP contribution is 2.30. The fraction of sp³-hybridized carbons (Fsp3) is 0.667. The number of ether oxygens (including phenoxy) is 1. The number of aromatic nitrogens is 2. The number of carbonyl (C=O) groups excluding carboxylic acids is 2. The first-order valence-electron chi connectivity index (χ1n) is 7.73. The summed E-state index contributed by atoms with van der Waals surface area (Å²) in [6.45, 7) is 5.03. The van der Waals surface area contributed by atoms with E-state index in [1.165, 1.54) is 0 Å². The van der Waals surface area contributed by atoms with Crippen LogP contribution in [0.2, 0.25) is 0 Å². The van der Waals surface area contributed by atoms with Gasteiger partial charge in [0.05, 0.1) is 12.2 Å². The van der Waals surface area contributed by atoms with E-state index in [0.717, 1.165) is 12.8 Å². The van der Waals surface area contributed by atoms with Crippen molar-refractivity contribution < 1.29 is 14.3 Å². The number of nitrogens with one attached hydrogen (secondary N) is 1. The molecule has 0 aromatic carbocycles. The van der Waals surface area contributed by atoms with Crippen LogP contribution < -0.4 is 5.32 Å². The molecule has 120 valence electrons. The van der Waals surface area contributed by atoms with Crippen LogP contribution in [0.1, 0.15) is 37.2 Å². The van der Waals surface area contributed by atoms with E-state index in [0.29, 0.717) is 24.6 Å². The fourth-order valence-electron chi connectivity index (χ4n) is 2.77. The highest BCUT2D eigenvalue weighted by molar-refractivity contribution is 5.96. The number of amides is 2. The molecule has 1 aromatic heterocycles. The standard InChI is InChI=1S/C15H22N4O3/c1-9-7-19(8-10(2)22-9)15(21)12-6-13(18(3)17-12)16-14(20)11-4-5-11/h6,9-11H,4-5,7-8H2,1-3H3,(H,16,20)/t9-,10-/m1/s1. The molecule has 2 amide bonds. The maximum atomic E-state index is 12.6. The molecule has 1 saturated carbocycles. The van der Waals surface area contributed by atoms with Gasteiger partial charge in [-0.05, 0) is 26.7 Å². The van der Waals surface area contributed by atoms with Crippen LogP contribution in [-0.4, -0.2) is 51.8 Å². The molecular formula is C15H22N4O3. The summed E-state index contributed by atoms with van der Waals surface area (Å²) < 4.78 is 7.18. The minimum absolute atomic E-state index is 0.00983. The van der Waals surface area contributed by atoms with Gasteiger partial charge in [-0.25, -0.2) is 0 Å². The van der Waals surface area contributed by atoms with Gasteiger partial charge in [-0.15, -0.1) is 0 Å². The lowest BCUT2D eigenvalue weighted by Gasteiger charge is -2.34. The lowest BCUT2D eigenvalue weighted by Crippen LogP contribution is -2.48. The Morgan fingerprint density at radius 1 is 1.27 bits per heavy atom. The van der Waals surface area contributed by atoms with Crippen LogP contribution in [0, 0.1) is 5.92 Å². The Kier molecular flexibility index (Phi) is 3.90. The molecule has 0 unspecified atom stereocenters. The minimum atomic E-state index is -0.121. The Bertz CT molecular complexity index is 584. The Morgan fingerprint density at radius 2 is 1.91 bits per heavy atom. The van der Waals surface area contributed by atoms with Crippen LogP contribution >= 0.6 is 0 Å². The third-order valence-electron chi connectivity index (χ3n) is 4.01. The van der Waals surface area contributed by atoms with Crippen LogP contribution in [0.5, 0.6) is 0 Å². The molecule has 1 N–H and O–H groups in total. The van der Waals surface area contributed by atoms with Gasteiger partial charge in [-0.3, -0.25) is 14.3 Å². The fourth-order valence-corrected chi connectivity index (χ4v) is 2.77. The smallest absolute Gasteiger partial charge is 0.274 e. The molecule has 1 saturated heterocycles. The van der Waals surface area contributed by atoms with Gasteiger partial charge in [0, 0.05) is 32.1 Å². The molecule has 2 heterocycles. The molecule has 0 bridgehead atoms. The maximum Gasteiger partial charge on any atom is 0.274 e. The number of anilines is 1. The third-order valence-corrected chi connectivity index (χ3v) is 4.01. The van der Waals surface area contributed by atoms with Crippen molar-refractivity contribution in [3.8, 4) is 0 Å². The van der Waals surface area contributed by atoms with Crippen LogP contribution in [0.4, 0.5) is 5.82 Å². The first-order chi connectivity index (χ1) is 10.4. The zero-order valence-corrected chi connectivity index (χ0v) is 13.2. The van der Waals surface area contributed by atoms with Crippen molar-refractivity contribution in [1.82, 2.24) is 14.7 Å². The number of carbonyl (C=O) groups is 2. The van der Waals surface area contributed by atoms with E-state index >= 15 is 0 Å². The van der Waals surface area contributed by atoms with Gasteiger partial charge in [-0.1, -0.05) is 0 Å². The van der Waals surface area contributed by atoms with Crippen molar-refractivity contribution >= 4 is 17.6 Å². The number of hydrogen-bond donors (Lipinski definition) is 1. The topological polar surface area (TPSA) is 76.5 Å². The predicted molar refractivity (Wildman–Crippen MR) is 80.5 cm³/mol. The molecule has 0 radical (unpaired) electrons. The molecule has 2 fully saturated rings. The minimum Gasteiger partial charge on any atom is -0.372 e. The van der Waals surface area contributed by atoms with Gasteiger partial charge in [0.1, 0.15) is 5.82 Å². The zero-order valence-electron chi connectivity index (χ0n) is 13.2. The Labute approximate surface area is 129 Å². The average Bonchev–Trinajstić information content (AvgIpc) is 3.23. The molecule has 7 nitrogen and oxygen atoms in total. The highest BCUT2D eigenvalue weighted by Gasteiger charge is 2.31. The normalized spacial score (nSPS) is 25.1. The number of aryl methyl sites for hydroxylation is 1. The van der Waals surface area contributed by atoms with E-state index in [1.807, 2.05) is 13.8 Å². The number of hydrogen-bond acceptors (Lipinski definition) is 4.